The smallest absolute Gasteiger partial charge is 0.334 e. The standard InChI is InChI=1S/C19H14F3N5O3/c1-11(28)12-5-7-14(8-6-12)25-17-16(27(29)30)18(24-10-23-17)26-15-4-2-3-13(9-15)19(20,21)22/h2-10H,1H3,(H2,23,24,25,26). The summed E-state index contributed by atoms with van der Waals surface area (Å²) in [7, 11) is 0. The van der Waals surface area contributed by atoms with E-state index in [0.717, 1.165) is 18.5 Å². The number of rotatable bonds is 6. The molecule has 0 radical (unpaired) electrons. The fourth-order valence-electron chi connectivity index (χ4n) is 2.57. The molecule has 154 valence electrons. The summed E-state index contributed by atoms with van der Waals surface area (Å²) < 4.78 is 38.7. The molecule has 1 aromatic heterocycles. The number of carbonyl (C=O) groups is 1. The van der Waals surface area contributed by atoms with Crippen LogP contribution in [0.4, 0.5) is 41.9 Å². The molecule has 0 saturated heterocycles. The number of hydrogen-bond acceptors (Lipinski definition) is 7. The third-order valence-corrected chi connectivity index (χ3v) is 4.01. The van der Waals surface area contributed by atoms with E-state index < -0.39 is 22.4 Å². The van der Waals surface area contributed by atoms with E-state index in [1.54, 1.807) is 24.3 Å². The highest BCUT2D eigenvalue weighted by Gasteiger charge is 2.31. The highest BCUT2D eigenvalue weighted by molar-refractivity contribution is 5.94. The molecule has 0 atom stereocenters. The van der Waals surface area contributed by atoms with Crippen LogP contribution < -0.4 is 10.6 Å². The maximum atomic E-state index is 12.9. The van der Waals surface area contributed by atoms with Crippen molar-refractivity contribution in [2.45, 2.75) is 13.1 Å². The number of nitrogens with one attached hydrogen (secondary N) is 2. The number of hydrogen-bond donors (Lipinski definition) is 2. The van der Waals surface area contributed by atoms with Gasteiger partial charge in [0.25, 0.3) is 0 Å². The molecule has 0 amide bonds. The first-order valence-corrected chi connectivity index (χ1v) is 8.47. The molecule has 0 aliphatic heterocycles. The topological polar surface area (TPSA) is 110 Å². The predicted molar refractivity (Wildman–Crippen MR) is 103 cm³/mol. The molecular weight excluding hydrogens is 403 g/mol. The van der Waals surface area contributed by atoms with Crippen LogP contribution in [-0.4, -0.2) is 20.7 Å². The summed E-state index contributed by atoms with van der Waals surface area (Å²) in [4.78, 5) is 29.9. The molecule has 3 aromatic rings. The van der Waals surface area contributed by atoms with Crippen molar-refractivity contribution < 1.29 is 22.9 Å². The fourth-order valence-corrected chi connectivity index (χ4v) is 2.57. The number of benzene rings is 2. The lowest BCUT2D eigenvalue weighted by molar-refractivity contribution is -0.383. The van der Waals surface area contributed by atoms with Crippen LogP contribution in [0.5, 0.6) is 0 Å². The first kappa shape index (κ1) is 20.7. The molecule has 3 rings (SSSR count). The summed E-state index contributed by atoms with van der Waals surface area (Å²) in [5, 5.41) is 16.9. The van der Waals surface area contributed by atoms with Gasteiger partial charge in [-0.3, -0.25) is 14.9 Å². The third-order valence-electron chi connectivity index (χ3n) is 4.01. The Labute approximate surface area is 167 Å². The van der Waals surface area contributed by atoms with Crippen LogP contribution in [0.1, 0.15) is 22.8 Å². The Morgan fingerprint density at radius 2 is 1.60 bits per heavy atom. The van der Waals surface area contributed by atoms with E-state index in [2.05, 4.69) is 20.6 Å². The van der Waals surface area contributed by atoms with Gasteiger partial charge in [0.15, 0.2) is 5.78 Å². The van der Waals surface area contributed by atoms with Gasteiger partial charge in [-0.25, -0.2) is 9.97 Å². The number of carbonyl (C=O) groups excluding carboxylic acids is 1. The monoisotopic (exact) mass is 417 g/mol. The van der Waals surface area contributed by atoms with Crippen LogP contribution in [0.25, 0.3) is 0 Å². The zero-order valence-corrected chi connectivity index (χ0v) is 15.4. The minimum absolute atomic E-state index is 0.0246. The summed E-state index contributed by atoms with van der Waals surface area (Å²) in [6.07, 6.45) is -3.52. The Kier molecular flexibility index (Phi) is 5.63. The van der Waals surface area contributed by atoms with Gasteiger partial charge < -0.3 is 10.6 Å². The average Bonchev–Trinajstić information content (AvgIpc) is 2.68. The van der Waals surface area contributed by atoms with E-state index in [9.17, 15) is 28.1 Å². The maximum Gasteiger partial charge on any atom is 0.416 e. The molecule has 0 unspecified atom stereocenters. The van der Waals surface area contributed by atoms with E-state index in [1.165, 1.54) is 19.1 Å². The number of ketones is 1. The lowest BCUT2D eigenvalue weighted by Crippen LogP contribution is -2.07. The number of alkyl halides is 3. The summed E-state index contributed by atoms with van der Waals surface area (Å²) in [6.45, 7) is 1.41. The second-order valence-electron chi connectivity index (χ2n) is 6.14. The van der Waals surface area contributed by atoms with Crippen molar-refractivity contribution in [1.82, 2.24) is 9.97 Å². The van der Waals surface area contributed by atoms with Gasteiger partial charge in [-0.1, -0.05) is 6.07 Å². The molecule has 8 nitrogen and oxygen atoms in total. The van der Waals surface area contributed by atoms with E-state index in [4.69, 9.17) is 0 Å². The van der Waals surface area contributed by atoms with E-state index in [-0.39, 0.29) is 23.1 Å². The minimum atomic E-state index is -4.56. The number of Topliss-reactive ketones (excluding diaryl/α,β-unsaturated/α-hetero) is 1. The number of nitrogens with zero attached hydrogens (tertiary/aromatic N) is 3. The molecule has 30 heavy (non-hydrogen) atoms. The van der Waals surface area contributed by atoms with Crippen molar-refractivity contribution in [3.63, 3.8) is 0 Å². The van der Waals surface area contributed by atoms with Crippen LogP contribution in [-0.2, 0) is 6.18 Å². The third kappa shape index (κ3) is 4.69. The largest absolute Gasteiger partial charge is 0.416 e. The van der Waals surface area contributed by atoms with Crippen molar-refractivity contribution in [3.05, 3.63) is 76.1 Å². The summed E-state index contributed by atoms with van der Waals surface area (Å²) in [6, 6.07) is 10.4. The molecule has 2 aromatic carbocycles. The molecule has 1 heterocycles. The molecule has 2 N–H and O–H groups in total. The Balaban J connectivity index is 1.93. The van der Waals surface area contributed by atoms with Crippen molar-refractivity contribution >= 4 is 34.5 Å². The highest BCUT2D eigenvalue weighted by atomic mass is 19.4. The quantitative estimate of drug-likeness (QED) is 0.326. The van der Waals surface area contributed by atoms with Gasteiger partial charge in [0, 0.05) is 16.9 Å². The molecule has 0 saturated carbocycles. The number of halogens is 3. The zero-order valence-electron chi connectivity index (χ0n) is 15.4. The van der Waals surface area contributed by atoms with Crippen LogP contribution in [0.15, 0.2) is 54.9 Å². The molecule has 0 spiro atoms. The van der Waals surface area contributed by atoms with E-state index in [1.807, 2.05) is 0 Å². The fraction of sp³-hybridized carbons (Fsp3) is 0.105. The second-order valence-corrected chi connectivity index (χ2v) is 6.14. The van der Waals surface area contributed by atoms with Gasteiger partial charge in [-0.2, -0.15) is 13.2 Å². The summed E-state index contributed by atoms with van der Waals surface area (Å²) in [5.41, 5.74) is -0.599. The predicted octanol–water partition coefficient (Wildman–Crippen LogP) is 5.09. The van der Waals surface area contributed by atoms with Crippen molar-refractivity contribution in [2.75, 3.05) is 10.6 Å². The Morgan fingerprint density at radius 1 is 1.00 bits per heavy atom. The Hall–Kier alpha value is -4.02. The Bertz CT molecular complexity index is 1100. The van der Waals surface area contributed by atoms with Crippen LogP contribution in [0.2, 0.25) is 0 Å². The molecule has 0 bridgehead atoms. The SMILES string of the molecule is CC(=O)c1ccc(Nc2ncnc(Nc3cccc(C(F)(F)F)c3)c2[N+](=O)[O-])cc1. The van der Waals surface area contributed by atoms with Gasteiger partial charge in [0.05, 0.1) is 10.5 Å². The highest BCUT2D eigenvalue weighted by Crippen LogP contribution is 2.35. The zero-order chi connectivity index (χ0) is 21.9. The molecule has 0 aliphatic rings. The molecule has 0 aliphatic carbocycles. The van der Waals surface area contributed by atoms with Gasteiger partial charge in [-0.15, -0.1) is 0 Å². The summed E-state index contributed by atoms with van der Waals surface area (Å²) >= 11 is 0. The van der Waals surface area contributed by atoms with Crippen LogP contribution in [0, 0.1) is 10.1 Å². The number of anilines is 4. The van der Waals surface area contributed by atoms with Crippen molar-refractivity contribution in [1.29, 1.82) is 0 Å². The van der Waals surface area contributed by atoms with Crippen LogP contribution in [0.3, 0.4) is 0 Å². The first-order valence-electron chi connectivity index (χ1n) is 8.47. The Morgan fingerprint density at radius 3 is 2.13 bits per heavy atom. The van der Waals surface area contributed by atoms with Crippen molar-refractivity contribution in [2.24, 2.45) is 0 Å². The molecule has 0 fully saturated rings. The number of nitro groups is 1. The maximum absolute atomic E-state index is 12.9. The van der Waals surface area contributed by atoms with Gasteiger partial charge >= 0.3 is 11.9 Å². The normalized spacial score (nSPS) is 11.1. The first-order chi connectivity index (χ1) is 14.1. The van der Waals surface area contributed by atoms with Gasteiger partial charge in [0.1, 0.15) is 6.33 Å². The molecular formula is C19H14F3N5O3. The van der Waals surface area contributed by atoms with Crippen molar-refractivity contribution in [3.8, 4) is 0 Å². The lowest BCUT2D eigenvalue weighted by atomic mass is 10.1. The van der Waals surface area contributed by atoms with Gasteiger partial charge in [-0.05, 0) is 49.4 Å². The van der Waals surface area contributed by atoms with E-state index in [0.29, 0.717) is 11.3 Å². The van der Waals surface area contributed by atoms with E-state index >= 15 is 0 Å². The van der Waals surface area contributed by atoms with Crippen LogP contribution >= 0.6 is 0 Å². The van der Waals surface area contributed by atoms with Gasteiger partial charge in [0.2, 0.25) is 11.6 Å². The second kappa shape index (κ2) is 8.15. The lowest BCUT2D eigenvalue weighted by Gasteiger charge is -2.12. The number of aromatic nitrogens is 2. The minimum Gasteiger partial charge on any atom is -0.334 e. The molecule has 11 heteroatoms. The average molecular weight is 417 g/mol. The summed E-state index contributed by atoms with van der Waals surface area (Å²) in [5.74, 6) is -0.584.